The molecule has 0 saturated carbocycles. The van der Waals surface area contributed by atoms with Crippen LogP contribution in [0.25, 0.3) is 0 Å². The van der Waals surface area contributed by atoms with Crippen molar-refractivity contribution in [3.63, 3.8) is 0 Å². The lowest BCUT2D eigenvalue weighted by atomic mass is 10.3. The molecule has 0 atom stereocenters. The first-order valence-corrected chi connectivity index (χ1v) is 6.08. The Morgan fingerprint density at radius 3 is 2.11 bits per heavy atom. The van der Waals surface area contributed by atoms with E-state index in [1.165, 1.54) is 0 Å². The lowest BCUT2D eigenvalue weighted by molar-refractivity contribution is -0.114. The van der Waals surface area contributed by atoms with Gasteiger partial charge in [0.2, 0.25) is 5.91 Å². The van der Waals surface area contributed by atoms with Gasteiger partial charge in [-0.1, -0.05) is 11.6 Å². The maximum absolute atomic E-state index is 11.1. The van der Waals surface area contributed by atoms with Crippen molar-refractivity contribution in [3.05, 3.63) is 53.6 Å². The van der Waals surface area contributed by atoms with Gasteiger partial charge >= 0.3 is 0 Å². The van der Waals surface area contributed by atoms with Crippen LogP contribution in [0.2, 0.25) is 5.02 Å². The Bertz CT molecular complexity index is 553. The highest BCUT2D eigenvalue weighted by Gasteiger charge is 2.01. The molecular formula is C14H13ClN2O2. The zero-order valence-electron chi connectivity index (χ0n) is 10.1. The predicted molar refractivity (Wildman–Crippen MR) is 75.7 cm³/mol. The van der Waals surface area contributed by atoms with Gasteiger partial charge in [-0.25, -0.2) is 0 Å². The molecule has 0 spiro atoms. The van der Waals surface area contributed by atoms with Gasteiger partial charge in [0.05, 0.1) is 6.54 Å². The minimum absolute atomic E-state index is 0.0387. The molecule has 98 valence electrons. The topological polar surface area (TPSA) is 64.4 Å². The van der Waals surface area contributed by atoms with Crippen LogP contribution in [0.5, 0.6) is 11.5 Å². The van der Waals surface area contributed by atoms with E-state index in [4.69, 9.17) is 22.1 Å². The fourth-order valence-corrected chi connectivity index (χ4v) is 1.58. The molecule has 2 aromatic rings. The van der Waals surface area contributed by atoms with Crippen molar-refractivity contribution in [2.45, 2.75) is 0 Å². The summed E-state index contributed by atoms with van der Waals surface area (Å²) in [5.41, 5.74) is 5.90. The highest BCUT2D eigenvalue weighted by molar-refractivity contribution is 6.30. The molecule has 2 aromatic carbocycles. The number of hydrogen-bond donors (Lipinski definition) is 2. The molecule has 5 heteroatoms. The maximum Gasteiger partial charge on any atom is 0.238 e. The van der Waals surface area contributed by atoms with E-state index in [9.17, 15) is 4.79 Å². The van der Waals surface area contributed by atoms with Gasteiger partial charge in [-0.2, -0.15) is 0 Å². The molecule has 0 heterocycles. The molecule has 0 fully saturated rings. The van der Waals surface area contributed by atoms with E-state index in [1.807, 2.05) is 0 Å². The second-order valence-corrected chi connectivity index (χ2v) is 4.27. The molecule has 4 nitrogen and oxygen atoms in total. The highest BCUT2D eigenvalue weighted by Crippen LogP contribution is 2.24. The van der Waals surface area contributed by atoms with Gasteiger partial charge < -0.3 is 15.8 Å². The van der Waals surface area contributed by atoms with Crippen LogP contribution >= 0.6 is 11.6 Å². The average molecular weight is 277 g/mol. The fourth-order valence-electron chi connectivity index (χ4n) is 1.46. The van der Waals surface area contributed by atoms with E-state index in [0.29, 0.717) is 22.2 Å². The van der Waals surface area contributed by atoms with Gasteiger partial charge in [0, 0.05) is 10.7 Å². The molecule has 2 rings (SSSR count). The summed E-state index contributed by atoms with van der Waals surface area (Å²) < 4.78 is 5.62. The van der Waals surface area contributed by atoms with Gasteiger partial charge in [0.15, 0.2) is 0 Å². The Labute approximate surface area is 116 Å². The molecular weight excluding hydrogens is 264 g/mol. The van der Waals surface area contributed by atoms with Crippen LogP contribution in [0.15, 0.2) is 48.5 Å². The first-order chi connectivity index (χ1) is 9.17. The van der Waals surface area contributed by atoms with Crippen LogP contribution in [-0.4, -0.2) is 12.5 Å². The number of amides is 1. The summed E-state index contributed by atoms with van der Waals surface area (Å²) in [5, 5.41) is 3.31. The number of benzene rings is 2. The molecule has 1 amide bonds. The van der Waals surface area contributed by atoms with Crippen molar-refractivity contribution in [2.75, 3.05) is 11.9 Å². The SMILES string of the molecule is NCC(=O)Nc1ccc(Oc2ccc(Cl)cc2)cc1. The Kier molecular flexibility index (Phi) is 4.39. The van der Waals surface area contributed by atoms with Crippen LogP contribution in [0.4, 0.5) is 5.69 Å². The smallest absolute Gasteiger partial charge is 0.238 e. The zero-order valence-corrected chi connectivity index (χ0v) is 10.9. The third kappa shape index (κ3) is 3.98. The number of anilines is 1. The first-order valence-electron chi connectivity index (χ1n) is 5.71. The summed E-state index contributed by atoms with van der Waals surface area (Å²) in [6, 6.07) is 14.1. The molecule has 0 aliphatic rings. The number of nitrogens with two attached hydrogens (primary N) is 1. The molecule has 0 aliphatic heterocycles. The summed E-state index contributed by atoms with van der Waals surface area (Å²) in [6.07, 6.45) is 0. The molecule has 0 aliphatic carbocycles. The van der Waals surface area contributed by atoms with E-state index in [-0.39, 0.29) is 12.5 Å². The zero-order chi connectivity index (χ0) is 13.7. The number of carbonyl (C=O) groups excluding carboxylic acids is 1. The van der Waals surface area contributed by atoms with Crippen molar-refractivity contribution in [1.29, 1.82) is 0 Å². The number of ether oxygens (including phenoxy) is 1. The molecule has 0 saturated heterocycles. The van der Waals surface area contributed by atoms with Crippen molar-refractivity contribution in [3.8, 4) is 11.5 Å². The lowest BCUT2D eigenvalue weighted by Crippen LogP contribution is -2.21. The molecule has 3 N–H and O–H groups in total. The van der Waals surface area contributed by atoms with Crippen LogP contribution in [0.1, 0.15) is 0 Å². The standard InChI is InChI=1S/C14H13ClN2O2/c15-10-1-5-12(6-2-10)19-13-7-3-11(4-8-13)17-14(18)9-16/h1-8H,9,16H2,(H,17,18). The average Bonchev–Trinajstić information content (AvgIpc) is 2.43. The van der Waals surface area contributed by atoms with Crippen molar-refractivity contribution < 1.29 is 9.53 Å². The predicted octanol–water partition coefficient (Wildman–Crippen LogP) is 3.03. The molecule has 19 heavy (non-hydrogen) atoms. The fraction of sp³-hybridized carbons (Fsp3) is 0.0714. The van der Waals surface area contributed by atoms with E-state index in [1.54, 1.807) is 48.5 Å². The maximum atomic E-state index is 11.1. The summed E-state index contributed by atoms with van der Waals surface area (Å²) >= 11 is 5.79. The lowest BCUT2D eigenvalue weighted by Gasteiger charge is -2.07. The van der Waals surface area contributed by atoms with Gasteiger partial charge in [-0.05, 0) is 48.5 Å². The number of carbonyl (C=O) groups is 1. The normalized spacial score (nSPS) is 10.0. The Morgan fingerprint density at radius 1 is 1.05 bits per heavy atom. The van der Waals surface area contributed by atoms with E-state index in [0.717, 1.165) is 0 Å². The minimum Gasteiger partial charge on any atom is -0.457 e. The van der Waals surface area contributed by atoms with Crippen LogP contribution in [-0.2, 0) is 4.79 Å². The van der Waals surface area contributed by atoms with Gasteiger partial charge in [-0.3, -0.25) is 4.79 Å². The van der Waals surface area contributed by atoms with Gasteiger partial charge in [0.1, 0.15) is 11.5 Å². The highest BCUT2D eigenvalue weighted by atomic mass is 35.5. The molecule has 0 unspecified atom stereocenters. The first kappa shape index (κ1) is 13.4. The number of hydrogen-bond acceptors (Lipinski definition) is 3. The number of nitrogens with one attached hydrogen (secondary N) is 1. The summed E-state index contributed by atoms with van der Waals surface area (Å²) in [5.74, 6) is 1.14. The van der Waals surface area contributed by atoms with Crippen LogP contribution in [0.3, 0.4) is 0 Å². The molecule has 0 aromatic heterocycles. The largest absolute Gasteiger partial charge is 0.457 e. The molecule has 0 radical (unpaired) electrons. The summed E-state index contributed by atoms with van der Waals surface area (Å²) in [7, 11) is 0. The van der Waals surface area contributed by atoms with Crippen molar-refractivity contribution in [2.24, 2.45) is 5.73 Å². The Morgan fingerprint density at radius 2 is 1.58 bits per heavy atom. The third-order valence-electron chi connectivity index (χ3n) is 2.37. The Balaban J connectivity index is 2.02. The van der Waals surface area contributed by atoms with E-state index in [2.05, 4.69) is 5.32 Å². The quantitative estimate of drug-likeness (QED) is 0.902. The summed E-state index contributed by atoms with van der Waals surface area (Å²) in [6.45, 7) is -0.0387. The second kappa shape index (κ2) is 6.22. The summed E-state index contributed by atoms with van der Waals surface area (Å²) in [4.78, 5) is 11.1. The van der Waals surface area contributed by atoms with Crippen LogP contribution in [0, 0.1) is 0 Å². The minimum atomic E-state index is -0.230. The number of halogens is 1. The van der Waals surface area contributed by atoms with Gasteiger partial charge in [-0.15, -0.1) is 0 Å². The Hall–Kier alpha value is -2.04. The van der Waals surface area contributed by atoms with Crippen molar-refractivity contribution in [1.82, 2.24) is 0 Å². The second-order valence-electron chi connectivity index (χ2n) is 3.83. The van der Waals surface area contributed by atoms with Gasteiger partial charge in [0.25, 0.3) is 0 Å². The van der Waals surface area contributed by atoms with Crippen LogP contribution < -0.4 is 15.8 Å². The van der Waals surface area contributed by atoms with E-state index < -0.39 is 0 Å². The third-order valence-corrected chi connectivity index (χ3v) is 2.62. The van der Waals surface area contributed by atoms with Crippen molar-refractivity contribution >= 4 is 23.2 Å². The number of rotatable bonds is 4. The monoisotopic (exact) mass is 276 g/mol. The molecule has 0 bridgehead atoms. The van der Waals surface area contributed by atoms with E-state index >= 15 is 0 Å².